The first-order chi connectivity index (χ1) is 13.3. The minimum atomic E-state index is -0.620. The third-order valence-electron chi connectivity index (χ3n) is 4.96. The minimum absolute atomic E-state index is 0.00816. The Labute approximate surface area is 165 Å². The van der Waals surface area contributed by atoms with Crippen LogP contribution in [0.1, 0.15) is 57.5 Å². The van der Waals surface area contributed by atoms with Gasteiger partial charge in [0.15, 0.2) is 0 Å². The average molecular weight is 384 g/mol. The SMILES string of the molecule is CC(c1ccccc1)N1CCC([C@@H](NC(=O)OC(C)(C)C)c2ccco2)C1=O. The first-order valence-corrected chi connectivity index (χ1v) is 9.64. The molecule has 6 heteroatoms. The van der Waals surface area contributed by atoms with Crippen LogP contribution in [-0.4, -0.2) is 29.0 Å². The van der Waals surface area contributed by atoms with E-state index < -0.39 is 23.7 Å². The number of alkyl carbamates (subject to hydrolysis) is 1. The molecule has 1 fully saturated rings. The maximum atomic E-state index is 13.2. The zero-order valence-corrected chi connectivity index (χ0v) is 16.8. The lowest BCUT2D eigenvalue weighted by Crippen LogP contribution is -2.40. The number of ether oxygens (including phenoxy) is 1. The lowest BCUT2D eigenvalue weighted by atomic mass is 9.96. The van der Waals surface area contributed by atoms with E-state index in [-0.39, 0.29) is 11.9 Å². The fourth-order valence-electron chi connectivity index (χ4n) is 3.60. The van der Waals surface area contributed by atoms with E-state index in [1.165, 1.54) is 0 Å². The van der Waals surface area contributed by atoms with Crippen LogP contribution < -0.4 is 5.32 Å². The van der Waals surface area contributed by atoms with E-state index in [1.54, 1.807) is 39.2 Å². The van der Waals surface area contributed by atoms with Gasteiger partial charge in [-0.05, 0) is 51.8 Å². The summed E-state index contributed by atoms with van der Waals surface area (Å²) in [6.07, 6.45) is 1.62. The summed E-state index contributed by atoms with van der Waals surface area (Å²) in [6.45, 7) is 8.07. The van der Waals surface area contributed by atoms with E-state index in [2.05, 4.69) is 5.32 Å². The molecule has 3 rings (SSSR count). The summed E-state index contributed by atoms with van der Waals surface area (Å²) >= 11 is 0. The number of likely N-dealkylation sites (tertiary alicyclic amines) is 1. The summed E-state index contributed by atoms with van der Waals surface area (Å²) in [6, 6.07) is 12.9. The Morgan fingerprint density at radius 2 is 1.93 bits per heavy atom. The number of rotatable bonds is 5. The highest BCUT2D eigenvalue weighted by molar-refractivity contribution is 5.83. The highest BCUT2D eigenvalue weighted by Crippen LogP contribution is 2.36. The Balaban J connectivity index is 1.78. The summed E-state index contributed by atoms with van der Waals surface area (Å²) < 4.78 is 10.9. The molecule has 150 valence electrons. The Morgan fingerprint density at radius 1 is 1.21 bits per heavy atom. The van der Waals surface area contributed by atoms with Gasteiger partial charge in [-0.2, -0.15) is 0 Å². The fraction of sp³-hybridized carbons (Fsp3) is 0.455. The summed E-state index contributed by atoms with van der Waals surface area (Å²) in [5, 5.41) is 2.85. The summed E-state index contributed by atoms with van der Waals surface area (Å²) in [5.41, 5.74) is 0.469. The van der Waals surface area contributed by atoms with Crippen molar-refractivity contribution in [2.75, 3.05) is 6.54 Å². The van der Waals surface area contributed by atoms with Gasteiger partial charge in [0.1, 0.15) is 17.4 Å². The van der Waals surface area contributed by atoms with E-state index >= 15 is 0 Å². The Bertz CT molecular complexity index is 796. The van der Waals surface area contributed by atoms with Gasteiger partial charge in [-0.3, -0.25) is 4.79 Å². The van der Waals surface area contributed by atoms with Gasteiger partial charge >= 0.3 is 6.09 Å². The number of hydrogen-bond donors (Lipinski definition) is 1. The predicted molar refractivity (Wildman–Crippen MR) is 105 cm³/mol. The molecule has 2 amide bonds. The zero-order valence-electron chi connectivity index (χ0n) is 16.8. The molecule has 2 aromatic rings. The monoisotopic (exact) mass is 384 g/mol. The molecule has 6 nitrogen and oxygen atoms in total. The van der Waals surface area contributed by atoms with Gasteiger partial charge in [-0.25, -0.2) is 4.79 Å². The number of carbonyl (C=O) groups excluding carboxylic acids is 2. The number of furan rings is 1. The number of nitrogens with one attached hydrogen (secondary N) is 1. The van der Waals surface area contributed by atoms with Crippen molar-refractivity contribution in [1.29, 1.82) is 0 Å². The van der Waals surface area contributed by atoms with E-state index in [0.717, 1.165) is 5.56 Å². The second-order valence-corrected chi connectivity index (χ2v) is 8.15. The molecular weight excluding hydrogens is 356 g/mol. The smallest absolute Gasteiger partial charge is 0.408 e. The molecule has 1 aromatic carbocycles. The molecule has 1 aromatic heterocycles. The van der Waals surface area contributed by atoms with Crippen molar-refractivity contribution in [3.05, 3.63) is 60.1 Å². The normalized spacial score (nSPS) is 19.4. The lowest BCUT2D eigenvalue weighted by Gasteiger charge is -2.28. The van der Waals surface area contributed by atoms with Crippen molar-refractivity contribution in [2.45, 2.75) is 51.8 Å². The second-order valence-electron chi connectivity index (χ2n) is 8.15. The molecule has 0 aliphatic carbocycles. The Morgan fingerprint density at radius 3 is 2.54 bits per heavy atom. The van der Waals surface area contributed by atoms with Gasteiger partial charge in [0.25, 0.3) is 0 Å². The zero-order chi connectivity index (χ0) is 20.3. The molecule has 3 atom stereocenters. The largest absolute Gasteiger partial charge is 0.467 e. The molecule has 0 bridgehead atoms. The van der Waals surface area contributed by atoms with Gasteiger partial charge in [-0.15, -0.1) is 0 Å². The van der Waals surface area contributed by atoms with Gasteiger partial charge in [-0.1, -0.05) is 30.3 Å². The Hall–Kier alpha value is -2.76. The van der Waals surface area contributed by atoms with Crippen molar-refractivity contribution in [1.82, 2.24) is 10.2 Å². The van der Waals surface area contributed by atoms with Crippen LogP contribution in [0.5, 0.6) is 0 Å². The topological polar surface area (TPSA) is 71.8 Å². The molecule has 0 saturated carbocycles. The molecule has 2 heterocycles. The molecule has 1 aliphatic heterocycles. The number of amides is 2. The van der Waals surface area contributed by atoms with E-state index in [0.29, 0.717) is 18.7 Å². The van der Waals surface area contributed by atoms with Crippen LogP contribution in [0.15, 0.2) is 53.1 Å². The summed E-state index contributed by atoms with van der Waals surface area (Å²) in [7, 11) is 0. The van der Waals surface area contributed by atoms with Gasteiger partial charge in [0.2, 0.25) is 5.91 Å². The van der Waals surface area contributed by atoms with Gasteiger partial charge in [0.05, 0.1) is 18.2 Å². The molecule has 0 radical (unpaired) electrons. The quantitative estimate of drug-likeness (QED) is 0.826. The predicted octanol–water partition coefficient (Wildman–Crippen LogP) is 4.46. The van der Waals surface area contributed by atoms with Crippen LogP contribution >= 0.6 is 0 Å². The first-order valence-electron chi connectivity index (χ1n) is 9.64. The van der Waals surface area contributed by atoms with E-state index in [9.17, 15) is 9.59 Å². The standard InChI is InChI=1S/C22H28N2O4/c1-15(16-9-6-5-7-10-16)24-13-12-17(20(24)25)19(18-11-8-14-27-18)23-21(26)28-22(2,3)4/h5-11,14-15,17,19H,12-13H2,1-4H3,(H,23,26)/t15?,17?,19-/m1/s1. The highest BCUT2D eigenvalue weighted by Gasteiger charge is 2.42. The van der Waals surface area contributed by atoms with Crippen LogP contribution in [0.3, 0.4) is 0 Å². The van der Waals surface area contributed by atoms with Crippen molar-refractivity contribution < 1.29 is 18.7 Å². The highest BCUT2D eigenvalue weighted by atomic mass is 16.6. The third kappa shape index (κ3) is 4.55. The maximum absolute atomic E-state index is 13.2. The fourth-order valence-corrected chi connectivity index (χ4v) is 3.60. The van der Waals surface area contributed by atoms with Crippen molar-refractivity contribution in [3.8, 4) is 0 Å². The Kier molecular flexibility index (Phi) is 5.77. The van der Waals surface area contributed by atoms with Crippen LogP contribution in [-0.2, 0) is 9.53 Å². The van der Waals surface area contributed by atoms with Gasteiger partial charge < -0.3 is 19.4 Å². The van der Waals surface area contributed by atoms with Crippen LogP contribution in [0.4, 0.5) is 4.79 Å². The van der Waals surface area contributed by atoms with Crippen LogP contribution in [0.2, 0.25) is 0 Å². The average Bonchev–Trinajstić information content (AvgIpc) is 3.28. The van der Waals surface area contributed by atoms with Crippen LogP contribution in [0, 0.1) is 5.92 Å². The second kappa shape index (κ2) is 8.09. The number of hydrogen-bond acceptors (Lipinski definition) is 4. The summed E-state index contributed by atoms with van der Waals surface area (Å²) in [4.78, 5) is 27.4. The maximum Gasteiger partial charge on any atom is 0.408 e. The molecule has 1 saturated heterocycles. The van der Waals surface area contributed by atoms with E-state index in [1.807, 2.05) is 42.2 Å². The molecule has 1 aliphatic rings. The summed E-state index contributed by atoms with van der Waals surface area (Å²) in [5.74, 6) is 0.164. The van der Waals surface area contributed by atoms with Crippen molar-refractivity contribution in [2.24, 2.45) is 5.92 Å². The lowest BCUT2D eigenvalue weighted by molar-refractivity contribution is -0.133. The van der Waals surface area contributed by atoms with Gasteiger partial charge in [0, 0.05) is 6.54 Å². The molecule has 2 unspecified atom stereocenters. The van der Waals surface area contributed by atoms with E-state index in [4.69, 9.17) is 9.15 Å². The molecule has 0 spiro atoms. The first kappa shape index (κ1) is 20.0. The molecule has 1 N–H and O–H groups in total. The van der Waals surface area contributed by atoms with Crippen molar-refractivity contribution in [3.63, 3.8) is 0 Å². The van der Waals surface area contributed by atoms with Crippen LogP contribution in [0.25, 0.3) is 0 Å². The third-order valence-corrected chi connectivity index (χ3v) is 4.96. The molecule has 28 heavy (non-hydrogen) atoms. The van der Waals surface area contributed by atoms with Crippen molar-refractivity contribution >= 4 is 12.0 Å². The number of carbonyl (C=O) groups is 2. The number of benzene rings is 1. The number of nitrogens with zero attached hydrogens (tertiary/aromatic N) is 1. The minimum Gasteiger partial charge on any atom is -0.467 e. The molecular formula is C22H28N2O4.